The molecule has 2 rings (SSSR count). The molecule has 5 nitrogen and oxygen atoms in total. The monoisotopic (exact) mass is 290 g/mol. The zero-order chi connectivity index (χ0) is 15.3. The van der Waals surface area contributed by atoms with Crippen molar-refractivity contribution in [1.29, 1.82) is 0 Å². The maximum absolute atomic E-state index is 12.5. The topological polar surface area (TPSA) is 62.5 Å². The maximum atomic E-state index is 12.5. The molecule has 2 N–H and O–H groups in total. The Morgan fingerprint density at radius 2 is 1.95 bits per heavy atom. The van der Waals surface area contributed by atoms with Crippen molar-refractivity contribution in [3.05, 3.63) is 30.1 Å². The van der Waals surface area contributed by atoms with Crippen LogP contribution in [0.15, 0.2) is 24.5 Å². The summed E-state index contributed by atoms with van der Waals surface area (Å²) in [5, 5.41) is 0. The maximum Gasteiger partial charge on any atom is 0.242 e. The van der Waals surface area contributed by atoms with Gasteiger partial charge < -0.3 is 10.6 Å². The molecule has 1 aliphatic heterocycles. The molecule has 0 aliphatic carbocycles. The predicted molar refractivity (Wildman–Crippen MR) is 83.6 cm³/mol. The predicted octanol–water partition coefficient (Wildman–Crippen LogP) is 1.24. The minimum Gasteiger partial charge on any atom is -0.339 e. The largest absolute Gasteiger partial charge is 0.339 e. The SMILES string of the molecule is CCC(N)(CC)C(=O)N1CCN(Cc2cccnc2)CC1. The Kier molecular flexibility index (Phi) is 5.31. The molecule has 1 saturated heterocycles. The zero-order valence-corrected chi connectivity index (χ0v) is 13.1. The number of hydrogen-bond donors (Lipinski definition) is 1. The number of carbonyl (C=O) groups is 1. The zero-order valence-electron chi connectivity index (χ0n) is 13.1. The van der Waals surface area contributed by atoms with Gasteiger partial charge in [0.1, 0.15) is 0 Å². The van der Waals surface area contributed by atoms with Gasteiger partial charge in [0.2, 0.25) is 5.91 Å². The van der Waals surface area contributed by atoms with Gasteiger partial charge in [-0.25, -0.2) is 0 Å². The van der Waals surface area contributed by atoms with E-state index in [2.05, 4.69) is 16.0 Å². The molecule has 1 aromatic rings. The number of rotatable bonds is 5. The van der Waals surface area contributed by atoms with Crippen molar-refractivity contribution in [1.82, 2.24) is 14.8 Å². The van der Waals surface area contributed by atoms with Gasteiger partial charge in [-0.2, -0.15) is 0 Å². The minimum absolute atomic E-state index is 0.105. The summed E-state index contributed by atoms with van der Waals surface area (Å²) in [6.07, 6.45) is 5.07. The van der Waals surface area contributed by atoms with E-state index in [0.29, 0.717) is 12.8 Å². The van der Waals surface area contributed by atoms with Crippen molar-refractivity contribution in [3.8, 4) is 0 Å². The van der Waals surface area contributed by atoms with E-state index in [0.717, 1.165) is 32.7 Å². The van der Waals surface area contributed by atoms with Crippen molar-refractivity contribution in [3.63, 3.8) is 0 Å². The van der Waals surface area contributed by atoms with Crippen LogP contribution in [0.25, 0.3) is 0 Å². The third-order valence-corrected chi connectivity index (χ3v) is 4.48. The third kappa shape index (κ3) is 3.80. The Morgan fingerprint density at radius 1 is 1.29 bits per heavy atom. The number of nitrogens with zero attached hydrogens (tertiary/aromatic N) is 3. The average molecular weight is 290 g/mol. The van der Waals surface area contributed by atoms with Gasteiger partial charge in [0.15, 0.2) is 0 Å². The van der Waals surface area contributed by atoms with Gasteiger partial charge in [-0.1, -0.05) is 19.9 Å². The summed E-state index contributed by atoms with van der Waals surface area (Å²) in [5.74, 6) is 0.105. The first-order valence-electron chi connectivity index (χ1n) is 7.78. The first kappa shape index (κ1) is 15.9. The molecule has 0 spiro atoms. The number of carbonyl (C=O) groups excluding carboxylic acids is 1. The van der Waals surface area contributed by atoms with Crippen LogP contribution in [-0.2, 0) is 11.3 Å². The second-order valence-electron chi connectivity index (χ2n) is 5.79. The highest BCUT2D eigenvalue weighted by Gasteiger charge is 2.35. The summed E-state index contributed by atoms with van der Waals surface area (Å²) in [6, 6.07) is 4.05. The second-order valence-corrected chi connectivity index (χ2v) is 5.79. The van der Waals surface area contributed by atoms with Crippen LogP contribution < -0.4 is 5.73 Å². The van der Waals surface area contributed by atoms with Gasteiger partial charge in [0.05, 0.1) is 5.54 Å². The summed E-state index contributed by atoms with van der Waals surface area (Å²) >= 11 is 0. The first-order valence-corrected chi connectivity index (χ1v) is 7.78. The molecule has 1 aromatic heterocycles. The fraction of sp³-hybridized carbons (Fsp3) is 0.625. The van der Waals surface area contributed by atoms with Crippen LogP contribution in [0.4, 0.5) is 0 Å². The molecule has 0 atom stereocenters. The molecule has 0 saturated carbocycles. The summed E-state index contributed by atoms with van der Waals surface area (Å²) in [5.41, 5.74) is 6.74. The summed E-state index contributed by atoms with van der Waals surface area (Å²) < 4.78 is 0. The fourth-order valence-corrected chi connectivity index (χ4v) is 2.73. The summed E-state index contributed by atoms with van der Waals surface area (Å²) in [6.45, 7) is 8.18. The van der Waals surface area contributed by atoms with Crippen LogP contribution in [0, 0.1) is 0 Å². The Balaban J connectivity index is 1.87. The van der Waals surface area contributed by atoms with E-state index in [1.807, 2.05) is 31.0 Å². The molecular weight excluding hydrogens is 264 g/mol. The number of hydrogen-bond acceptors (Lipinski definition) is 4. The number of aromatic nitrogens is 1. The molecule has 0 aromatic carbocycles. The quantitative estimate of drug-likeness (QED) is 0.886. The van der Waals surface area contributed by atoms with Gasteiger partial charge in [0, 0.05) is 45.1 Å². The molecule has 21 heavy (non-hydrogen) atoms. The Hall–Kier alpha value is -1.46. The second kappa shape index (κ2) is 7.00. The summed E-state index contributed by atoms with van der Waals surface area (Å²) in [4.78, 5) is 20.9. The molecule has 0 bridgehead atoms. The van der Waals surface area contributed by atoms with Crippen LogP contribution in [-0.4, -0.2) is 52.4 Å². The molecule has 1 aliphatic rings. The molecule has 5 heteroatoms. The van der Waals surface area contributed by atoms with E-state index >= 15 is 0 Å². The van der Waals surface area contributed by atoms with Crippen LogP contribution in [0.1, 0.15) is 32.3 Å². The highest BCUT2D eigenvalue weighted by Crippen LogP contribution is 2.17. The van der Waals surface area contributed by atoms with E-state index < -0.39 is 5.54 Å². The number of piperazine rings is 1. The lowest BCUT2D eigenvalue weighted by atomic mass is 9.92. The van der Waals surface area contributed by atoms with E-state index in [1.165, 1.54) is 5.56 Å². The summed E-state index contributed by atoms with van der Waals surface area (Å²) in [7, 11) is 0. The Bertz CT molecular complexity index is 451. The first-order chi connectivity index (χ1) is 10.1. The van der Waals surface area contributed by atoms with Gasteiger partial charge in [-0.3, -0.25) is 14.7 Å². The molecule has 1 amide bonds. The molecular formula is C16H26N4O. The van der Waals surface area contributed by atoms with Crippen LogP contribution in [0.2, 0.25) is 0 Å². The molecule has 1 fully saturated rings. The van der Waals surface area contributed by atoms with Gasteiger partial charge in [-0.05, 0) is 24.5 Å². The standard InChI is InChI=1S/C16H26N4O/c1-3-16(17,4-2)15(21)20-10-8-19(9-11-20)13-14-6-5-7-18-12-14/h5-7,12H,3-4,8-11,13,17H2,1-2H3. The molecule has 0 radical (unpaired) electrons. The van der Waals surface area contributed by atoms with E-state index in [-0.39, 0.29) is 5.91 Å². The lowest BCUT2D eigenvalue weighted by Crippen LogP contribution is -2.59. The molecule has 2 heterocycles. The number of pyridine rings is 1. The van der Waals surface area contributed by atoms with Crippen molar-refractivity contribution < 1.29 is 4.79 Å². The average Bonchev–Trinajstić information content (AvgIpc) is 2.55. The lowest BCUT2D eigenvalue weighted by Gasteiger charge is -2.39. The molecule has 116 valence electrons. The number of amides is 1. The van der Waals surface area contributed by atoms with Crippen LogP contribution in [0.5, 0.6) is 0 Å². The van der Waals surface area contributed by atoms with Crippen LogP contribution >= 0.6 is 0 Å². The van der Waals surface area contributed by atoms with E-state index in [9.17, 15) is 4.79 Å². The van der Waals surface area contributed by atoms with E-state index in [4.69, 9.17) is 5.73 Å². The fourth-order valence-electron chi connectivity index (χ4n) is 2.73. The number of nitrogens with two attached hydrogens (primary N) is 1. The lowest BCUT2D eigenvalue weighted by molar-refractivity contribution is -0.139. The normalized spacial score (nSPS) is 17.0. The van der Waals surface area contributed by atoms with Crippen molar-refractivity contribution >= 4 is 5.91 Å². The highest BCUT2D eigenvalue weighted by molar-refractivity contribution is 5.86. The smallest absolute Gasteiger partial charge is 0.242 e. The van der Waals surface area contributed by atoms with Crippen LogP contribution in [0.3, 0.4) is 0 Å². The van der Waals surface area contributed by atoms with Gasteiger partial charge >= 0.3 is 0 Å². The Morgan fingerprint density at radius 3 is 2.48 bits per heavy atom. The van der Waals surface area contributed by atoms with Gasteiger partial charge in [0.25, 0.3) is 0 Å². The highest BCUT2D eigenvalue weighted by atomic mass is 16.2. The van der Waals surface area contributed by atoms with Gasteiger partial charge in [-0.15, -0.1) is 0 Å². The van der Waals surface area contributed by atoms with Crippen molar-refractivity contribution in [2.75, 3.05) is 26.2 Å². The third-order valence-electron chi connectivity index (χ3n) is 4.48. The van der Waals surface area contributed by atoms with Crippen molar-refractivity contribution in [2.45, 2.75) is 38.8 Å². The van der Waals surface area contributed by atoms with Crippen molar-refractivity contribution in [2.24, 2.45) is 5.73 Å². The van der Waals surface area contributed by atoms with E-state index in [1.54, 1.807) is 6.20 Å². The Labute approximate surface area is 127 Å². The molecule has 0 unspecified atom stereocenters. The minimum atomic E-state index is -0.689.